The van der Waals surface area contributed by atoms with Gasteiger partial charge in [0.25, 0.3) is 0 Å². The lowest BCUT2D eigenvalue weighted by Crippen LogP contribution is -2.57. The molecule has 1 amide bonds. The van der Waals surface area contributed by atoms with E-state index in [9.17, 15) is 9.59 Å². The number of para-hydroxylation sites is 2. The first-order valence-corrected chi connectivity index (χ1v) is 12.0. The van der Waals surface area contributed by atoms with Gasteiger partial charge in [0.2, 0.25) is 5.91 Å². The number of halogens is 1. The van der Waals surface area contributed by atoms with Gasteiger partial charge in [-0.15, -0.1) is 0 Å². The number of hydrogen-bond donors (Lipinski definition) is 1. The minimum atomic E-state index is -1.14. The van der Waals surface area contributed by atoms with E-state index in [1.165, 1.54) is 0 Å². The summed E-state index contributed by atoms with van der Waals surface area (Å²) in [5, 5.41) is 3.72. The molecule has 0 aliphatic heterocycles. The van der Waals surface area contributed by atoms with Gasteiger partial charge in [-0.25, -0.2) is 9.78 Å². The molecule has 3 aromatic carbocycles. The molecule has 1 atom stereocenters. The molecule has 1 aliphatic carbocycles. The third-order valence-electron chi connectivity index (χ3n) is 6.56. The highest BCUT2D eigenvalue weighted by Gasteiger charge is 2.46. The summed E-state index contributed by atoms with van der Waals surface area (Å²) in [4.78, 5) is 31.0. The molecule has 0 bridgehead atoms. The fourth-order valence-corrected chi connectivity index (χ4v) is 5.02. The maximum atomic E-state index is 13.3. The molecule has 5 rings (SSSR count). The summed E-state index contributed by atoms with van der Waals surface area (Å²) in [6.45, 7) is 3.96. The van der Waals surface area contributed by atoms with Crippen LogP contribution in [0.3, 0.4) is 0 Å². The Morgan fingerprint density at radius 1 is 1.03 bits per heavy atom. The number of ether oxygens (including phenoxy) is 1. The summed E-state index contributed by atoms with van der Waals surface area (Å²) in [5.41, 5.74) is 4.70. The van der Waals surface area contributed by atoms with Crippen LogP contribution in [0.2, 0.25) is 5.02 Å². The number of aryl methyl sites for hydroxylation is 1. The van der Waals surface area contributed by atoms with Gasteiger partial charge in [0.1, 0.15) is 17.9 Å². The number of nitrogens with zero attached hydrogens (tertiary/aromatic N) is 2. The van der Waals surface area contributed by atoms with Crippen molar-refractivity contribution in [2.45, 2.75) is 38.8 Å². The van der Waals surface area contributed by atoms with Gasteiger partial charge in [-0.2, -0.15) is 0 Å². The van der Waals surface area contributed by atoms with Gasteiger partial charge in [-0.1, -0.05) is 54.1 Å². The number of imidazole rings is 1. The Bertz CT molecular complexity index is 1430. The van der Waals surface area contributed by atoms with Gasteiger partial charge < -0.3 is 14.6 Å². The van der Waals surface area contributed by atoms with Crippen LogP contribution in [-0.2, 0) is 33.7 Å². The van der Waals surface area contributed by atoms with E-state index in [1.54, 1.807) is 6.92 Å². The molecule has 1 heterocycles. The van der Waals surface area contributed by atoms with E-state index in [4.69, 9.17) is 16.3 Å². The number of benzene rings is 3. The molecule has 0 saturated heterocycles. The number of nitrogens with one attached hydrogen (secondary N) is 1. The normalized spacial score (nSPS) is 16.8. The molecular weight excluding hydrogens is 462 g/mol. The lowest BCUT2D eigenvalue weighted by Gasteiger charge is -2.28. The molecule has 4 aromatic rings. The zero-order valence-electron chi connectivity index (χ0n) is 19.7. The van der Waals surface area contributed by atoms with E-state index >= 15 is 0 Å². The number of hydrogen-bond acceptors (Lipinski definition) is 4. The van der Waals surface area contributed by atoms with Gasteiger partial charge in [-0.05, 0) is 60.4 Å². The first-order chi connectivity index (χ1) is 16.9. The van der Waals surface area contributed by atoms with Gasteiger partial charge >= 0.3 is 5.97 Å². The highest BCUT2D eigenvalue weighted by molar-refractivity contribution is 6.30. The smallest absolute Gasteiger partial charge is 0.332 e. The van der Waals surface area contributed by atoms with Gasteiger partial charge in [-0.3, -0.25) is 4.79 Å². The predicted octanol–water partition coefficient (Wildman–Crippen LogP) is 4.88. The van der Waals surface area contributed by atoms with Crippen LogP contribution in [0.4, 0.5) is 0 Å². The van der Waals surface area contributed by atoms with Crippen molar-refractivity contribution in [3.05, 3.63) is 88.7 Å². The number of esters is 1. The topological polar surface area (TPSA) is 73.2 Å². The average molecular weight is 488 g/mol. The first-order valence-electron chi connectivity index (χ1n) is 11.7. The third-order valence-corrected chi connectivity index (χ3v) is 6.81. The lowest BCUT2D eigenvalue weighted by atomic mass is 9.95. The fourth-order valence-electron chi connectivity index (χ4n) is 4.90. The molecule has 0 spiro atoms. The number of fused-ring (bicyclic) bond motifs is 2. The highest BCUT2D eigenvalue weighted by Crippen LogP contribution is 2.35. The van der Waals surface area contributed by atoms with Crippen LogP contribution in [0.25, 0.3) is 22.2 Å². The highest BCUT2D eigenvalue weighted by atomic mass is 35.5. The molecule has 1 aliphatic rings. The van der Waals surface area contributed by atoms with Crippen molar-refractivity contribution in [3.8, 4) is 11.1 Å². The molecule has 0 saturated carbocycles. The van der Waals surface area contributed by atoms with E-state index in [2.05, 4.69) is 16.4 Å². The minimum Gasteiger partial charge on any atom is -0.464 e. The Balaban J connectivity index is 1.42. The molecule has 178 valence electrons. The van der Waals surface area contributed by atoms with E-state index in [0.717, 1.165) is 39.1 Å². The predicted molar refractivity (Wildman–Crippen MR) is 136 cm³/mol. The molecular formula is C28H26ClN3O3. The van der Waals surface area contributed by atoms with Gasteiger partial charge in [0.15, 0.2) is 0 Å². The van der Waals surface area contributed by atoms with Crippen LogP contribution >= 0.6 is 11.6 Å². The maximum Gasteiger partial charge on any atom is 0.332 e. The summed E-state index contributed by atoms with van der Waals surface area (Å²) < 4.78 is 7.30. The Hall–Kier alpha value is -3.64. The zero-order valence-corrected chi connectivity index (χ0v) is 20.4. The molecule has 1 unspecified atom stereocenters. The Morgan fingerprint density at radius 3 is 2.51 bits per heavy atom. The van der Waals surface area contributed by atoms with Crippen LogP contribution in [-0.4, -0.2) is 33.6 Å². The number of carbonyl (C=O) groups is 2. The Kier molecular flexibility index (Phi) is 6.07. The summed E-state index contributed by atoms with van der Waals surface area (Å²) in [7, 11) is 0. The number of aromatic nitrogens is 2. The van der Waals surface area contributed by atoms with Crippen molar-refractivity contribution in [1.29, 1.82) is 0 Å². The largest absolute Gasteiger partial charge is 0.464 e. The number of amides is 1. The second-order valence-corrected chi connectivity index (χ2v) is 9.37. The Labute approximate surface area is 208 Å². The van der Waals surface area contributed by atoms with Crippen LogP contribution < -0.4 is 5.32 Å². The average Bonchev–Trinajstić information content (AvgIpc) is 3.37. The minimum absolute atomic E-state index is 0.0693. The second-order valence-electron chi connectivity index (χ2n) is 8.93. The Morgan fingerprint density at radius 2 is 1.74 bits per heavy atom. The molecule has 7 heteroatoms. The molecule has 0 radical (unpaired) electrons. The third kappa shape index (κ3) is 4.42. The fraction of sp³-hybridized carbons (Fsp3) is 0.250. The molecule has 1 N–H and O–H groups in total. The van der Waals surface area contributed by atoms with Gasteiger partial charge in [0.05, 0.1) is 17.6 Å². The first kappa shape index (κ1) is 23.1. The quantitative estimate of drug-likeness (QED) is 0.393. The summed E-state index contributed by atoms with van der Waals surface area (Å²) in [5.74, 6) is 0.0775. The van der Waals surface area contributed by atoms with Crippen LogP contribution in [0.1, 0.15) is 23.9 Å². The van der Waals surface area contributed by atoms with Crippen molar-refractivity contribution in [2.75, 3.05) is 6.61 Å². The van der Waals surface area contributed by atoms with Crippen molar-refractivity contribution in [2.24, 2.45) is 0 Å². The summed E-state index contributed by atoms with van der Waals surface area (Å²) in [6, 6.07) is 21.5. The molecule has 0 fully saturated rings. The maximum absolute atomic E-state index is 13.3. The van der Waals surface area contributed by atoms with E-state index in [1.807, 2.05) is 72.2 Å². The molecule has 6 nitrogen and oxygen atoms in total. The second kappa shape index (κ2) is 9.19. The van der Waals surface area contributed by atoms with Crippen molar-refractivity contribution in [1.82, 2.24) is 14.9 Å². The van der Waals surface area contributed by atoms with E-state index in [-0.39, 0.29) is 19.1 Å². The van der Waals surface area contributed by atoms with E-state index in [0.29, 0.717) is 17.9 Å². The molecule has 35 heavy (non-hydrogen) atoms. The summed E-state index contributed by atoms with van der Waals surface area (Å²) >= 11 is 6.04. The van der Waals surface area contributed by atoms with Crippen LogP contribution in [0.5, 0.6) is 0 Å². The van der Waals surface area contributed by atoms with Crippen molar-refractivity contribution >= 4 is 34.5 Å². The van der Waals surface area contributed by atoms with Crippen molar-refractivity contribution < 1.29 is 14.3 Å². The van der Waals surface area contributed by atoms with Crippen molar-refractivity contribution in [3.63, 3.8) is 0 Å². The van der Waals surface area contributed by atoms with E-state index < -0.39 is 11.5 Å². The van der Waals surface area contributed by atoms with Crippen LogP contribution in [0.15, 0.2) is 66.7 Å². The number of rotatable bonds is 6. The standard InChI is InChI=1S/C28H26ClN3O3/c1-3-35-27(34)28(31-26(33)17-32-18(2)30-24-6-4-5-7-25(24)32)15-21-9-8-20(14-22(21)16-28)19-10-12-23(29)13-11-19/h4-14H,3,15-17H2,1-2H3,(H,31,33). The SMILES string of the molecule is CCOC(=O)C1(NC(=O)Cn2c(C)nc3ccccc32)Cc2ccc(-c3ccc(Cl)cc3)cc2C1. The zero-order chi connectivity index (χ0) is 24.6. The monoisotopic (exact) mass is 487 g/mol. The lowest BCUT2D eigenvalue weighted by molar-refractivity contribution is -0.153. The molecule has 1 aromatic heterocycles. The summed E-state index contributed by atoms with van der Waals surface area (Å²) in [6.07, 6.45) is 0.759. The number of carbonyl (C=O) groups excluding carboxylic acids is 2. The van der Waals surface area contributed by atoms with Crippen LogP contribution in [0, 0.1) is 6.92 Å². The van der Waals surface area contributed by atoms with Gasteiger partial charge in [0, 0.05) is 17.9 Å².